The molecule has 1 saturated heterocycles. The van der Waals surface area contributed by atoms with E-state index in [0.717, 1.165) is 5.39 Å². The first-order valence-corrected chi connectivity index (χ1v) is 9.94. The predicted octanol–water partition coefficient (Wildman–Crippen LogP) is -0.0632. The maximum atomic E-state index is 12.4. The second-order valence-electron chi connectivity index (χ2n) is 6.02. The van der Waals surface area contributed by atoms with E-state index in [4.69, 9.17) is 0 Å². The van der Waals surface area contributed by atoms with Crippen LogP contribution in [0.4, 0.5) is 0 Å². The van der Waals surface area contributed by atoms with Gasteiger partial charge in [-0.25, -0.2) is 8.42 Å². The fraction of sp³-hybridized carbons (Fsp3) is 0.438. The molecule has 0 radical (unpaired) electrons. The summed E-state index contributed by atoms with van der Waals surface area (Å²) in [5.41, 5.74) is 1.09. The molecule has 0 bridgehead atoms. The number of hydrogen-bond acceptors (Lipinski definition) is 6. The van der Waals surface area contributed by atoms with Gasteiger partial charge in [-0.1, -0.05) is 0 Å². The van der Waals surface area contributed by atoms with E-state index in [1.165, 1.54) is 16.8 Å². The van der Waals surface area contributed by atoms with E-state index in [2.05, 4.69) is 20.2 Å². The molecule has 0 unspecified atom stereocenters. The molecule has 1 aliphatic rings. The SMILES string of the molecule is CS(=O)(=O)N1CCN(CCNC(=O)c2cncc3cccnc23)CC1. The summed E-state index contributed by atoms with van der Waals surface area (Å²) in [7, 11) is -3.12. The van der Waals surface area contributed by atoms with Crippen LogP contribution in [-0.4, -0.2) is 79.0 Å². The number of amides is 1. The van der Waals surface area contributed by atoms with Crippen molar-refractivity contribution in [2.45, 2.75) is 0 Å². The Kier molecular flexibility index (Phi) is 5.26. The third-order valence-corrected chi connectivity index (χ3v) is 5.57. The summed E-state index contributed by atoms with van der Waals surface area (Å²) in [5.74, 6) is -0.202. The Morgan fingerprint density at radius 2 is 2.00 bits per heavy atom. The van der Waals surface area contributed by atoms with Gasteiger partial charge in [0, 0.05) is 63.2 Å². The van der Waals surface area contributed by atoms with E-state index >= 15 is 0 Å². The first-order chi connectivity index (χ1) is 11.9. The number of piperazine rings is 1. The van der Waals surface area contributed by atoms with E-state index in [1.807, 2.05) is 12.1 Å². The number of carbonyl (C=O) groups is 1. The summed E-state index contributed by atoms with van der Waals surface area (Å²) < 4.78 is 24.5. The molecule has 2 aromatic rings. The first-order valence-electron chi connectivity index (χ1n) is 8.09. The molecule has 1 fully saturated rings. The van der Waals surface area contributed by atoms with Crippen LogP contribution in [-0.2, 0) is 10.0 Å². The standard InChI is InChI=1S/C16H21N5O3S/c1-25(23,24)21-9-7-20(8-10-21)6-5-19-16(22)14-12-17-11-13-3-2-4-18-15(13)14/h2-4,11-12H,5-10H2,1H3,(H,19,22). The van der Waals surface area contributed by atoms with Crippen LogP contribution in [0.25, 0.3) is 10.9 Å². The zero-order chi connectivity index (χ0) is 17.9. The highest BCUT2D eigenvalue weighted by molar-refractivity contribution is 7.88. The molecule has 0 aromatic carbocycles. The van der Waals surface area contributed by atoms with Gasteiger partial charge in [0.15, 0.2) is 0 Å². The van der Waals surface area contributed by atoms with Gasteiger partial charge in [-0.2, -0.15) is 4.31 Å². The Balaban J connectivity index is 1.52. The van der Waals surface area contributed by atoms with Crippen molar-refractivity contribution in [3.63, 3.8) is 0 Å². The number of sulfonamides is 1. The fourth-order valence-corrected chi connectivity index (χ4v) is 3.70. The molecule has 134 valence electrons. The van der Waals surface area contributed by atoms with Gasteiger partial charge in [0.1, 0.15) is 0 Å². The van der Waals surface area contributed by atoms with Crippen molar-refractivity contribution in [2.24, 2.45) is 0 Å². The number of nitrogens with zero attached hydrogens (tertiary/aromatic N) is 4. The first kappa shape index (κ1) is 17.7. The van der Waals surface area contributed by atoms with Crippen molar-refractivity contribution in [2.75, 3.05) is 45.5 Å². The number of rotatable bonds is 5. The Morgan fingerprint density at radius 3 is 2.72 bits per heavy atom. The summed E-state index contributed by atoms with van der Waals surface area (Å²) in [6.07, 6.45) is 6.09. The molecular weight excluding hydrogens is 342 g/mol. The van der Waals surface area contributed by atoms with Crippen LogP contribution in [0.2, 0.25) is 0 Å². The van der Waals surface area contributed by atoms with Gasteiger partial charge in [-0.05, 0) is 12.1 Å². The molecule has 3 heterocycles. The van der Waals surface area contributed by atoms with E-state index in [-0.39, 0.29) is 5.91 Å². The summed E-state index contributed by atoms with van der Waals surface area (Å²) >= 11 is 0. The lowest BCUT2D eigenvalue weighted by Crippen LogP contribution is -2.49. The number of hydrogen-bond donors (Lipinski definition) is 1. The van der Waals surface area contributed by atoms with Crippen molar-refractivity contribution in [3.8, 4) is 0 Å². The Labute approximate surface area is 146 Å². The molecule has 3 rings (SSSR count). The maximum Gasteiger partial charge on any atom is 0.255 e. The molecule has 0 atom stereocenters. The molecule has 0 saturated carbocycles. The normalized spacial score (nSPS) is 16.8. The van der Waals surface area contributed by atoms with Gasteiger partial charge in [0.2, 0.25) is 10.0 Å². The largest absolute Gasteiger partial charge is 0.351 e. The minimum absolute atomic E-state index is 0.202. The highest BCUT2D eigenvalue weighted by Gasteiger charge is 2.23. The summed E-state index contributed by atoms with van der Waals surface area (Å²) in [4.78, 5) is 22.9. The lowest BCUT2D eigenvalue weighted by molar-refractivity contribution is 0.0946. The van der Waals surface area contributed by atoms with Crippen LogP contribution in [0, 0.1) is 0 Å². The van der Waals surface area contributed by atoms with Crippen molar-refractivity contribution in [1.82, 2.24) is 24.5 Å². The summed E-state index contributed by atoms with van der Waals surface area (Å²) in [5, 5.41) is 3.71. The Morgan fingerprint density at radius 1 is 1.24 bits per heavy atom. The molecule has 25 heavy (non-hydrogen) atoms. The molecule has 1 N–H and O–H groups in total. The molecule has 1 aliphatic heterocycles. The highest BCUT2D eigenvalue weighted by atomic mass is 32.2. The highest BCUT2D eigenvalue weighted by Crippen LogP contribution is 2.14. The zero-order valence-corrected chi connectivity index (χ0v) is 14.9. The smallest absolute Gasteiger partial charge is 0.255 e. The van der Waals surface area contributed by atoms with Gasteiger partial charge in [-0.15, -0.1) is 0 Å². The number of pyridine rings is 2. The quantitative estimate of drug-likeness (QED) is 0.799. The molecule has 9 heteroatoms. The number of carbonyl (C=O) groups excluding carboxylic acids is 1. The second kappa shape index (κ2) is 7.42. The molecular formula is C16H21N5O3S. The lowest BCUT2D eigenvalue weighted by atomic mass is 10.2. The average molecular weight is 363 g/mol. The fourth-order valence-electron chi connectivity index (χ4n) is 2.87. The van der Waals surface area contributed by atoms with Crippen LogP contribution in [0.5, 0.6) is 0 Å². The van der Waals surface area contributed by atoms with Crippen molar-refractivity contribution in [1.29, 1.82) is 0 Å². The molecule has 2 aromatic heterocycles. The van der Waals surface area contributed by atoms with Crippen molar-refractivity contribution >= 4 is 26.8 Å². The minimum Gasteiger partial charge on any atom is -0.351 e. The van der Waals surface area contributed by atoms with Crippen molar-refractivity contribution < 1.29 is 13.2 Å². The van der Waals surface area contributed by atoms with E-state index < -0.39 is 10.0 Å². The van der Waals surface area contributed by atoms with Crippen LogP contribution in [0.1, 0.15) is 10.4 Å². The van der Waals surface area contributed by atoms with Gasteiger partial charge in [-0.3, -0.25) is 19.7 Å². The third kappa shape index (κ3) is 4.30. The number of fused-ring (bicyclic) bond motifs is 1. The van der Waals surface area contributed by atoms with E-state index in [1.54, 1.807) is 12.4 Å². The van der Waals surface area contributed by atoms with Crippen molar-refractivity contribution in [3.05, 3.63) is 36.3 Å². The second-order valence-corrected chi connectivity index (χ2v) is 8.00. The van der Waals surface area contributed by atoms with Gasteiger partial charge in [0.05, 0.1) is 17.3 Å². The Bertz CT molecular complexity index is 858. The van der Waals surface area contributed by atoms with Crippen LogP contribution in [0.15, 0.2) is 30.7 Å². The van der Waals surface area contributed by atoms with Gasteiger partial charge >= 0.3 is 0 Å². The lowest BCUT2D eigenvalue weighted by Gasteiger charge is -2.33. The van der Waals surface area contributed by atoms with E-state index in [9.17, 15) is 13.2 Å². The van der Waals surface area contributed by atoms with Crippen LogP contribution >= 0.6 is 0 Å². The van der Waals surface area contributed by atoms with Gasteiger partial charge in [0.25, 0.3) is 5.91 Å². The maximum absolute atomic E-state index is 12.4. The third-order valence-electron chi connectivity index (χ3n) is 4.27. The molecule has 0 aliphatic carbocycles. The number of aromatic nitrogens is 2. The monoisotopic (exact) mass is 363 g/mol. The summed E-state index contributed by atoms with van der Waals surface area (Å²) in [6, 6.07) is 3.68. The number of nitrogens with one attached hydrogen (secondary N) is 1. The average Bonchev–Trinajstić information content (AvgIpc) is 2.61. The molecule has 8 nitrogen and oxygen atoms in total. The zero-order valence-electron chi connectivity index (χ0n) is 14.1. The van der Waals surface area contributed by atoms with E-state index in [0.29, 0.717) is 50.3 Å². The van der Waals surface area contributed by atoms with Crippen LogP contribution in [0.3, 0.4) is 0 Å². The minimum atomic E-state index is -3.12. The predicted molar refractivity (Wildman–Crippen MR) is 94.7 cm³/mol. The topological polar surface area (TPSA) is 95.5 Å². The van der Waals surface area contributed by atoms with Crippen LogP contribution < -0.4 is 5.32 Å². The van der Waals surface area contributed by atoms with Gasteiger partial charge < -0.3 is 5.32 Å². The molecule has 1 amide bonds. The Hall–Kier alpha value is -2.10. The summed E-state index contributed by atoms with van der Waals surface area (Å²) in [6.45, 7) is 3.48. The molecule has 0 spiro atoms.